The third-order valence-corrected chi connectivity index (χ3v) is 4.32. The van der Waals surface area contributed by atoms with Crippen molar-refractivity contribution < 1.29 is 14.3 Å². The van der Waals surface area contributed by atoms with Gasteiger partial charge in [0.2, 0.25) is 0 Å². The molecule has 0 spiro atoms. The SMILES string of the molecule is CCc1ccc(CN(C)C(=O)COC(=O)c2cnc(Cl)c(Cl)c2)cc1. The van der Waals surface area contributed by atoms with Gasteiger partial charge in [0.15, 0.2) is 6.61 Å². The number of carbonyl (C=O) groups is 2. The Morgan fingerprint density at radius 1 is 1.16 bits per heavy atom. The lowest BCUT2D eigenvalue weighted by atomic mass is 10.1. The molecule has 0 bridgehead atoms. The molecular weight excluding hydrogens is 363 g/mol. The highest BCUT2D eigenvalue weighted by molar-refractivity contribution is 6.41. The number of aromatic nitrogens is 1. The summed E-state index contributed by atoms with van der Waals surface area (Å²) >= 11 is 11.5. The van der Waals surface area contributed by atoms with E-state index in [2.05, 4.69) is 11.9 Å². The van der Waals surface area contributed by atoms with Gasteiger partial charge in [-0.1, -0.05) is 54.4 Å². The lowest BCUT2D eigenvalue weighted by Crippen LogP contribution is -2.30. The van der Waals surface area contributed by atoms with Crippen LogP contribution in [0.15, 0.2) is 36.5 Å². The van der Waals surface area contributed by atoms with Gasteiger partial charge in [-0.3, -0.25) is 4.79 Å². The van der Waals surface area contributed by atoms with Crippen LogP contribution in [0.25, 0.3) is 0 Å². The fraction of sp³-hybridized carbons (Fsp3) is 0.278. The Hall–Kier alpha value is -2.11. The van der Waals surface area contributed by atoms with Crippen LogP contribution >= 0.6 is 23.2 Å². The van der Waals surface area contributed by atoms with Crippen LogP contribution in [0.1, 0.15) is 28.4 Å². The number of hydrogen-bond acceptors (Lipinski definition) is 4. The summed E-state index contributed by atoms with van der Waals surface area (Å²) in [7, 11) is 1.66. The Kier molecular flexibility index (Phi) is 6.79. The zero-order valence-electron chi connectivity index (χ0n) is 14.0. The van der Waals surface area contributed by atoms with Crippen molar-refractivity contribution >= 4 is 35.1 Å². The van der Waals surface area contributed by atoms with E-state index in [0.29, 0.717) is 6.54 Å². The largest absolute Gasteiger partial charge is 0.452 e. The molecular formula is C18H18Cl2N2O3. The molecule has 1 amide bonds. The second kappa shape index (κ2) is 8.83. The Morgan fingerprint density at radius 3 is 2.40 bits per heavy atom. The fourth-order valence-electron chi connectivity index (χ4n) is 2.10. The summed E-state index contributed by atoms with van der Waals surface area (Å²) < 4.78 is 5.01. The number of amides is 1. The highest BCUT2D eigenvalue weighted by atomic mass is 35.5. The molecule has 0 fully saturated rings. The molecule has 132 valence electrons. The third kappa shape index (κ3) is 5.44. The van der Waals surface area contributed by atoms with E-state index in [4.69, 9.17) is 27.9 Å². The minimum Gasteiger partial charge on any atom is -0.452 e. The molecule has 1 heterocycles. The Labute approximate surface area is 156 Å². The van der Waals surface area contributed by atoms with E-state index in [9.17, 15) is 9.59 Å². The number of carbonyl (C=O) groups excluding carboxylic acids is 2. The standard InChI is InChI=1S/C18H18Cl2N2O3/c1-3-12-4-6-13(7-5-12)10-22(2)16(23)11-25-18(24)14-8-15(19)17(20)21-9-14/h4-9H,3,10-11H2,1-2H3. The summed E-state index contributed by atoms with van der Waals surface area (Å²) in [5, 5.41) is 0.248. The molecule has 0 aliphatic rings. The van der Waals surface area contributed by atoms with Crippen molar-refractivity contribution in [1.82, 2.24) is 9.88 Å². The van der Waals surface area contributed by atoms with Crippen molar-refractivity contribution in [2.75, 3.05) is 13.7 Å². The lowest BCUT2D eigenvalue weighted by molar-refractivity contribution is -0.133. The van der Waals surface area contributed by atoms with E-state index in [1.807, 2.05) is 24.3 Å². The summed E-state index contributed by atoms with van der Waals surface area (Å²) in [4.78, 5) is 29.3. The quantitative estimate of drug-likeness (QED) is 0.565. The van der Waals surface area contributed by atoms with E-state index in [-0.39, 0.29) is 28.3 Å². The van der Waals surface area contributed by atoms with Gasteiger partial charge in [0.05, 0.1) is 10.6 Å². The molecule has 2 aromatic rings. The number of halogens is 2. The zero-order valence-corrected chi connectivity index (χ0v) is 15.5. The summed E-state index contributed by atoms with van der Waals surface area (Å²) in [6.07, 6.45) is 2.22. The van der Waals surface area contributed by atoms with Crippen molar-refractivity contribution in [3.05, 3.63) is 63.4 Å². The molecule has 0 aliphatic heterocycles. The van der Waals surface area contributed by atoms with Crippen LogP contribution in [0.5, 0.6) is 0 Å². The Morgan fingerprint density at radius 2 is 1.80 bits per heavy atom. The van der Waals surface area contributed by atoms with E-state index >= 15 is 0 Å². The molecule has 0 radical (unpaired) electrons. The van der Waals surface area contributed by atoms with E-state index in [1.165, 1.54) is 22.7 Å². The summed E-state index contributed by atoms with van der Waals surface area (Å²) in [5.41, 5.74) is 2.38. The van der Waals surface area contributed by atoms with E-state index in [0.717, 1.165) is 12.0 Å². The third-order valence-electron chi connectivity index (χ3n) is 3.64. The first kappa shape index (κ1) is 19.2. The maximum Gasteiger partial charge on any atom is 0.340 e. The fourth-order valence-corrected chi connectivity index (χ4v) is 2.37. The van der Waals surface area contributed by atoms with Crippen LogP contribution in [0, 0.1) is 0 Å². The number of hydrogen-bond donors (Lipinski definition) is 0. The highest BCUT2D eigenvalue weighted by Crippen LogP contribution is 2.20. The molecule has 0 saturated carbocycles. The van der Waals surface area contributed by atoms with Crippen LogP contribution in [-0.4, -0.2) is 35.4 Å². The molecule has 0 saturated heterocycles. The van der Waals surface area contributed by atoms with Gasteiger partial charge in [-0.2, -0.15) is 0 Å². The Balaban J connectivity index is 1.87. The van der Waals surface area contributed by atoms with Crippen molar-refractivity contribution in [3.63, 3.8) is 0 Å². The first-order chi connectivity index (χ1) is 11.9. The van der Waals surface area contributed by atoms with E-state index in [1.54, 1.807) is 7.05 Å². The van der Waals surface area contributed by atoms with Gasteiger partial charge in [0.1, 0.15) is 5.15 Å². The van der Waals surface area contributed by atoms with Gasteiger partial charge in [0, 0.05) is 19.8 Å². The molecule has 0 atom stereocenters. The second-order valence-electron chi connectivity index (χ2n) is 5.49. The smallest absolute Gasteiger partial charge is 0.340 e. The average molecular weight is 381 g/mol. The molecule has 7 heteroatoms. The molecule has 2 rings (SSSR count). The van der Waals surface area contributed by atoms with Crippen molar-refractivity contribution in [2.45, 2.75) is 19.9 Å². The Bertz CT molecular complexity index is 763. The van der Waals surface area contributed by atoms with Crippen LogP contribution in [0.2, 0.25) is 10.2 Å². The second-order valence-corrected chi connectivity index (χ2v) is 6.26. The number of likely N-dealkylation sites (N-methyl/N-ethyl adjacent to an activating group) is 1. The predicted octanol–water partition coefficient (Wildman–Crippen LogP) is 3.77. The number of nitrogens with zero attached hydrogens (tertiary/aromatic N) is 2. The number of esters is 1. The maximum absolute atomic E-state index is 12.1. The first-order valence-electron chi connectivity index (χ1n) is 7.70. The van der Waals surface area contributed by atoms with Crippen LogP contribution < -0.4 is 0 Å². The molecule has 5 nitrogen and oxygen atoms in total. The highest BCUT2D eigenvalue weighted by Gasteiger charge is 2.15. The minimum absolute atomic E-state index is 0.100. The minimum atomic E-state index is -0.680. The molecule has 0 N–H and O–H groups in total. The van der Waals surface area contributed by atoms with Crippen LogP contribution in [0.4, 0.5) is 0 Å². The summed E-state index contributed by atoms with van der Waals surface area (Å²) in [6, 6.07) is 9.38. The topological polar surface area (TPSA) is 59.5 Å². The van der Waals surface area contributed by atoms with Crippen molar-refractivity contribution in [3.8, 4) is 0 Å². The van der Waals surface area contributed by atoms with Gasteiger partial charge >= 0.3 is 5.97 Å². The molecule has 25 heavy (non-hydrogen) atoms. The number of pyridine rings is 1. The molecule has 0 unspecified atom stereocenters. The number of benzene rings is 1. The molecule has 0 aliphatic carbocycles. The van der Waals surface area contributed by atoms with Crippen molar-refractivity contribution in [1.29, 1.82) is 0 Å². The van der Waals surface area contributed by atoms with Gasteiger partial charge in [0.25, 0.3) is 5.91 Å². The first-order valence-corrected chi connectivity index (χ1v) is 8.46. The maximum atomic E-state index is 12.1. The molecule has 1 aromatic heterocycles. The molecule has 1 aromatic carbocycles. The average Bonchev–Trinajstić information content (AvgIpc) is 2.62. The monoisotopic (exact) mass is 380 g/mol. The van der Waals surface area contributed by atoms with Crippen molar-refractivity contribution in [2.24, 2.45) is 0 Å². The number of rotatable bonds is 6. The number of aryl methyl sites for hydroxylation is 1. The lowest BCUT2D eigenvalue weighted by Gasteiger charge is -2.17. The van der Waals surface area contributed by atoms with Gasteiger partial charge < -0.3 is 9.64 Å². The normalized spacial score (nSPS) is 10.4. The number of ether oxygens (including phenoxy) is 1. The zero-order chi connectivity index (χ0) is 18.4. The summed E-state index contributed by atoms with van der Waals surface area (Å²) in [6.45, 7) is 2.17. The summed E-state index contributed by atoms with van der Waals surface area (Å²) in [5.74, 6) is -0.985. The predicted molar refractivity (Wildman–Crippen MR) is 96.8 cm³/mol. The van der Waals surface area contributed by atoms with E-state index < -0.39 is 5.97 Å². The van der Waals surface area contributed by atoms with Crippen LogP contribution in [0.3, 0.4) is 0 Å². The van der Waals surface area contributed by atoms with Gasteiger partial charge in [-0.15, -0.1) is 0 Å². The van der Waals surface area contributed by atoms with Gasteiger partial charge in [-0.05, 0) is 23.6 Å². The van der Waals surface area contributed by atoms with Gasteiger partial charge in [-0.25, -0.2) is 9.78 Å². The van der Waals surface area contributed by atoms with Crippen LogP contribution in [-0.2, 0) is 22.5 Å².